The molecule has 0 unspecified atom stereocenters. The van der Waals surface area contributed by atoms with Gasteiger partial charge in [-0.1, -0.05) is 36.4 Å². The Morgan fingerprint density at radius 3 is 1.19 bits per heavy atom. The Kier molecular flexibility index (Phi) is 9.03. The van der Waals surface area contributed by atoms with E-state index in [2.05, 4.69) is 10.6 Å². The van der Waals surface area contributed by atoms with Crippen LogP contribution in [0.15, 0.2) is 60.7 Å². The highest BCUT2D eigenvalue weighted by Gasteiger charge is 2.04. The predicted octanol–water partition coefficient (Wildman–Crippen LogP) is 3.21. The van der Waals surface area contributed by atoms with Crippen molar-refractivity contribution in [2.24, 2.45) is 0 Å². The minimum atomic E-state index is -0.265. The van der Waals surface area contributed by atoms with Crippen LogP contribution in [-0.2, 0) is 19.2 Å². The first kappa shape index (κ1) is 20.8. The smallest absolute Gasteiger partial charge is 0.231 e. The molecule has 0 aliphatic carbocycles. The molecule has 0 saturated heterocycles. The van der Waals surface area contributed by atoms with E-state index in [4.69, 9.17) is 0 Å². The highest BCUT2D eigenvalue weighted by molar-refractivity contribution is 6.04. The zero-order valence-corrected chi connectivity index (χ0v) is 14.8. The van der Waals surface area contributed by atoms with Crippen molar-refractivity contribution in [2.75, 3.05) is 10.6 Å². The summed E-state index contributed by atoms with van der Waals surface area (Å²) in [4.78, 5) is 43.3. The van der Waals surface area contributed by atoms with Crippen LogP contribution < -0.4 is 10.6 Å². The van der Waals surface area contributed by atoms with Crippen LogP contribution in [0.5, 0.6) is 0 Å². The quantitative estimate of drug-likeness (QED) is 0.779. The number of carbonyl (C=O) groups is 4. The Labute approximate surface area is 152 Å². The molecular weight excluding hydrogens is 332 g/mol. The van der Waals surface area contributed by atoms with E-state index in [0.29, 0.717) is 11.4 Å². The number of amides is 2. The number of ketones is 2. The largest absolute Gasteiger partial charge is 0.326 e. The topological polar surface area (TPSA) is 92.3 Å². The summed E-state index contributed by atoms with van der Waals surface area (Å²) in [5.41, 5.74) is 1.43. The van der Waals surface area contributed by atoms with Gasteiger partial charge in [-0.25, -0.2) is 0 Å². The SMILES string of the molecule is CC(=O)CC(=O)Nc1ccccc1.CC(=O)CC(=O)Nc1ccccc1. The predicted molar refractivity (Wildman–Crippen MR) is 101 cm³/mol. The lowest BCUT2D eigenvalue weighted by atomic mass is 10.2. The number of nitrogens with one attached hydrogen (secondary N) is 2. The van der Waals surface area contributed by atoms with Crippen molar-refractivity contribution in [2.45, 2.75) is 26.7 Å². The van der Waals surface area contributed by atoms with Gasteiger partial charge in [0.05, 0.1) is 12.8 Å². The minimum absolute atomic E-state index is 0.0606. The molecule has 136 valence electrons. The molecule has 2 amide bonds. The molecule has 0 aliphatic rings. The lowest BCUT2D eigenvalue weighted by Crippen LogP contribution is -2.14. The number of anilines is 2. The standard InChI is InChI=1S/2C10H11NO2/c2*1-8(12)7-10(13)11-9-5-3-2-4-6-9/h2*2-6H,7H2,1H3,(H,11,13). The summed E-state index contributed by atoms with van der Waals surface area (Å²) in [7, 11) is 0. The minimum Gasteiger partial charge on any atom is -0.326 e. The van der Waals surface area contributed by atoms with Crippen molar-refractivity contribution in [3.8, 4) is 0 Å². The molecule has 2 N–H and O–H groups in total. The fraction of sp³-hybridized carbons (Fsp3) is 0.200. The first-order valence-electron chi connectivity index (χ1n) is 8.05. The number of rotatable bonds is 6. The summed E-state index contributed by atoms with van der Waals surface area (Å²) in [6, 6.07) is 18.1. The number of hydrogen-bond donors (Lipinski definition) is 2. The molecule has 6 heteroatoms. The normalized spacial score (nSPS) is 9.31. The van der Waals surface area contributed by atoms with E-state index < -0.39 is 0 Å². The van der Waals surface area contributed by atoms with Crippen LogP contribution in [0.25, 0.3) is 0 Å². The molecule has 0 atom stereocenters. The second-order valence-electron chi connectivity index (χ2n) is 5.59. The summed E-state index contributed by atoms with van der Waals surface area (Å²) in [6.45, 7) is 2.79. The summed E-state index contributed by atoms with van der Waals surface area (Å²) in [5.74, 6) is -0.792. The molecule has 6 nitrogen and oxygen atoms in total. The summed E-state index contributed by atoms with van der Waals surface area (Å²) < 4.78 is 0. The molecule has 2 aromatic rings. The summed E-state index contributed by atoms with van der Waals surface area (Å²) in [6.07, 6.45) is -0.121. The van der Waals surface area contributed by atoms with Gasteiger partial charge in [-0.15, -0.1) is 0 Å². The van der Waals surface area contributed by atoms with Crippen LogP contribution in [0, 0.1) is 0 Å². The second-order valence-corrected chi connectivity index (χ2v) is 5.59. The average Bonchev–Trinajstić information content (AvgIpc) is 2.55. The maximum Gasteiger partial charge on any atom is 0.231 e. The van der Waals surface area contributed by atoms with Crippen molar-refractivity contribution < 1.29 is 19.2 Å². The van der Waals surface area contributed by atoms with Crippen LogP contribution >= 0.6 is 0 Å². The van der Waals surface area contributed by atoms with Gasteiger partial charge in [0.1, 0.15) is 11.6 Å². The van der Waals surface area contributed by atoms with Gasteiger partial charge in [0.2, 0.25) is 11.8 Å². The Balaban J connectivity index is 0.000000260. The van der Waals surface area contributed by atoms with Gasteiger partial charge < -0.3 is 10.6 Å². The first-order valence-corrected chi connectivity index (χ1v) is 8.05. The molecule has 0 aromatic heterocycles. The first-order chi connectivity index (χ1) is 12.4. The third kappa shape index (κ3) is 9.77. The van der Waals surface area contributed by atoms with Gasteiger partial charge in [-0.05, 0) is 38.1 Å². The zero-order valence-electron chi connectivity index (χ0n) is 14.8. The lowest BCUT2D eigenvalue weighted by Gasteiger charge is -2.01. The third-order valence-corrected chi connectivity index (χ3v) is 2.93. The average molecular weight is 354 g/mol. The van der Waals surface area contributed by atoms with Crippen molar-refractivity contribution in [1.29, 1.82) is 0 Å². The molecule has 0 aliphatic heterocycles. The van der Waals surface area contributed by atoms with Crippen molar-refractivity contribution in [3.63, 3.8) is 0 Å². The van der Waals surface area contributed by atoms with Crippen molar-refractivity contribution in [3.05, 3.63) is 60.7 Å². The zero-order chi connectivity index (χ0) is 19.4. The Hall–Kier alpha value is -3.28. The lowest BCUT2D eigenvalue weighted by molar-refractivity contribution is -0.125. The van der Waals surface area contributed by atoms with Gasteiger partial charge >= 0.3 is 0 Å². The van der Waals surface area contributed by atoms with E-state index in [1.807, 2.05) is 36.4 Å². The molecule has 0 bridgehead atoms. The fourth-order valence-electron chi connectivity index (χ4n) is 1.91. The van der Waals surface area contributed by atoms with Crippen LogP contribution in [-0.4, -0.2) is 23.4 Å². The van der Waals surface area contributed by atoms with Crippen molar-refractivity contribution in [1.82, 2.24) is 0 Å². The van der Waals surface area contributed by atoms with E-state index in [9.17, 15) is 19.2 Å². The molecule has 0 radical (unpaired) electrons. The molecule has 0 saturated carbocycles. The maximum absolute atomic E-state index is 11.1. The number of carbonyl (C=O) groups excluding carboxylic acids is 4. The summed E-state index contributed by atoms with van der Waals surface area (Å²) in [5, 5.41) is 5.23. The molecule has 0 heterocycles. The number of para-hydroxylation sites is 2. The van der Waals surface area contributed by atoms with Crippen LogP contribution in [0.1, 0.15) is 26.7 Å². The highest BCUT2D eigenvalue weighted by Crippen LogP contribution is 2.06. The van der Waals surface area contributed by atoms with E-state index in [1.165, 1.54) is 13.8 Å². The number of benzene rings is 2. The molecular formula is C20H22N2O4. The van der Waals surface area contributed by atoms with Gasteiger partial charge in [0, 0.05) is 11.4 Å². The van der Waals surface area contributed by atoms with E-state index in [-0.39, 0.29) is 36.2 Å². The molecule has 26 heavy (non-hydrogen) atoms. The number of hydrogen-bond acceptors (Lipinski definition) is 4. The van der Waals surface area contributed by atoms with E-state index in [0.717, 1.165) is 0 Å². The Morgan fingerprint density at radius 2 is 0.923 bits per heavy atom. The van der Waals surface area contributed by atoms with E-state index >= 15 is 0 Å². The molecule has 2 rings (SSSR count). The summed E-state index contributed by atoms with van der Waals surface area (Å²) >= 11 is 0. The van der Waals surface area contributed by atoms with Crippen LogP contribution in [0.2, 0.25) is 0 Å². The Morgan fingerprint density at radius 1 is 0.615 bits per heavy atom. The highest BCUT2D eigenvalue weighted by atomic mass is 16.2. The van der Waals surface area contributed by atoms with Gasteiger partial charge in [-0.3, -0.25) is 19.2 Å². The second kappa shape index (κ2) is 11.3. The van der Waals surface area contributed by atoms with Crippen molar-refractivity contribution >= 4 is 34.8 Å². The monoisotopic (exact) mass is 354 g/mol. The van der Waals surface area contributed by atoms with Gasteiger partial charge in [-0.2, -0.15) is 0 Å². The molecule has 0 fully saturated rings. The van der Waals surface area contributed by atoms with E-state index in [1.54, 1.807) is 24.3 Å². The molecule has 2 aromatic carbocycles. The Bertz CT molecular complexity index is 677. The van der Waals surface area contributed by atoms with Gasteiger partial charge in [0.15, 0.2) is 0 Å². The molecule has 0 spiro atoms. The number of Topliss-reactive ketones (excluding diaryl/α,β-unsaturated/α-hetero) is 2. The fourth-order valence-corrected chi connectivity index (χ4v) is 1.91. The van der Waals surface area contributed by atoms with Crippen LogP contribution in [0.4, 0.5) is 11.4 Å². The third-order valence-electron chi connectivity index (χ3n) is 2.93. The maximum atomic E-state index is 11.1. The van der Waals surface area contributed by atoms with Gasteiger partial charge in [0.25, 0.3) is 0 Å². The van der Waals surface area contributed by atoms with Crippen LogP contribution in [0.3, 0.4) is 0 Å².